The van der Waals surface area contributed by atoms with Gasteiger partial charge >= 0.3 is 0 Å². The van der Waals surface area contributed by atoms with Gasteiger partial charge in [-0.05, 0) is 30.3 Å². The van der Waals surface area contributed by atoms with Crippen LogP contribution in [0.25, 0.3) is 0 Å². The first-order valence-corrected chi connectivity index (χ1v) is 11.0. The van der Waals surface area contributed by atoms with Crippen LogP contribution in [0.4, 0.5) is 10.8 Å². The zero-order valence-electron chi connectivity index (χ0n) is 15.4. The molecule has 0 fully saturated rings. The van der Waals surface area contributed by atoms with E-state index in [1.807, 2.05) is 0 Å². The van der Waals surface area contributed by atoms with Crippen LogP contribution < -0.4 is 20.1 Å². The van der Waals surface area contributed by atoms with E-state index in [0.29, 0.717) is 50.5 Å². The molecule has 2 aromatic carbocycles. The molecule has 0 radical (unpaired) electrons. The fourth-order valence-corrected chi connectivity index (χ4v) is 4.30. The molecule has 3 aromatic rings. The Morgan fingerprint density at radius 3 is 2.73 bits per heavy atom. The molecule has 0 unspecified atom stereocenters. The summed E-state index contributed by atoms with van der Waals surface area (Å²) in [5.41, 5.74) is 1.04. The van der Waals surface area contributed by atoms with E-state index < -0.39 is 0 Å². The number of anilines is 2. The van der Waals surface area contributed by atoms with E-state index >= 15 is 0 Å². The molecule has 154 valence electrons. The van der Waals surface area contributed by atoms with Crippen LogP contribution in [-0.4, -0.2) is 41.0 Å². The van der Waals surface area contributed by atoms with Crippen molar-refractivity contribution >= 4 is 57.3 Å². The highest BCUT2D eigenvalue weighted by molar-refractivity contribution is 8.01. The molecular formula is C19H15ClN4O4S2. The summed E-state index contributed by atoms with van der Waals surface area (Å²) >= 11 is 8.31. The first-order chi connectivity index (χ1) is 14.6. The predicted octanol–water partition coefficient (Wildman–Crippen LogP) is 3.95. The molecule has 2 heterocycles. The second-order valence-corrected chi connectivity index (χ2v) is 8.67. The van der Waals surface area contributed by atoms with Gasteiger partial charge in [0.1, 0.15) is 13.2 Å². The highest BCUT2D eigenvalue weighted by Gasteiger charge is 2.14. The number of carbonyl (C=O) groups excluding carboxylic acids is 2. The standard InChI is InChI=1S/C19H15ClN4O4S2/c20-12-3-1-2-11(8-12)17(26)22-18-23-24-19(30-18)29-10-16(25)21-13-4-5-14-15(9-13)28-7-6-27-14/h1-5,8-9H,6-7,10H2,(H,21,25)(H,22,23,26). The van der Waals surface area contributed by atoms with Crippen molar-refractivity contribution in [2.75, 3.05) is 29.6 Å². The van der Waals surface area contributed by atoms with Crippen LogP contribution in [0.5, 0.6) is 11.5 Å². The van der Waals surface area contributed by atoms with E-state index in [1.54, 1.807) is 42.5 Å². The number of hydrogen-bond donors (Lipinski definition) is 2. The van der Waals surface area contributed by atoms with Crippen molar-refractivity contribution < 1.29 is 19.1 Å². The minimum atomic E-state index is -0.332. The summed E-state index contributed by atoms with van der Waals surface area (Å²) in [4.78, 5) is 24.5. The predicted molar refractivity (Wildman–Crippen MR) is 116 cm³/mol. The molecule has 30 heavy (non-hydrogen) atoms. The maximum absolute atomic E-state index is 12.2. The molecule has 0 saturated heterocycles. The van der Waals surface area contributed by atoms with E-state index in [4.69, 9.17) is 21.1 Å². The molecule has 1 aromatic heterocycles. The lowest BCUT2D eigenvalue weighted by Crippen LogP contribution is -2.17. The lowest BCUT2D eigenvalue weighted by atomic mass is 10.2. The van der Waals surface area contributed by atoms with Gasteiger partial charge in [-0.25, -0.2) is 0 Å². The number of ether oxygens (including phenoxy) is 2. The molecule has 0 spiro atoms. The van der Waals surface area contributed by atoms with Crippen molar-refractivity contribution in [3.05, 3.63) is 53.1 Å². The summed E-state index contributed by atoms with van der Waals surface area (Å²) in [6.45, 7) is 0.992. The SMILES string of the molecule is O=C(CSc1nnc(NC(=O)c2cccc(Cl)c2)s1)Nc1ccc2c(c1)OCCO2. The largest absolute Gasteiger partial charge is 0.486 e. The fraction of sp³-hybridized carbons (Fsp3) is 0.158. The first kappa shape index (κ1) is 20.5. The number of amides is 2. The molecule has 4 rings (SSSR count). The van der Waals surface area contributed by atoms with E-state index in [9.17, 15) is 9.59 Å². The molecule has 1 aliphatic heterocycles. The Morgan fingerprint density at radius 2 is 1.90 bits per heavy atom. The first-order valence-electron chi connectivity index (χ1n) is 8.79. The Morgan fingerprint density at radius 1 is 1.07 bits per heavy atom. The van der Waals surface area contributed by atoms with E-state index in [2.05, 4.69) is 20.8 Å². The molecule has 0 bridgehead atoms. The highest BCUT2D eigenvalue weighted by Crippen LogP contribution is 2.33. The van der Waals surface area contributed by atoms with Crippen LogP contribution in [0.1, 0.15) is 10.4 Å². The van der Waals surface area contributed by atoms with Crippen molar-refractivity contribution in [3.8, 4) is 11.5 Å². The average molecular weight is 463 g/mol. The summed E-state index contributed by atoms with van der Waals surface area (Å²) in [6.07, 6.45) is 0. The lowest BCUT2D eigenvalue weighted by Gasteiger charge is -2.18. The Hall–Kier alpha value is -2.82. The quantitative estimate of drug-likeness (QED) is 0.422. The molecule has 0 atom stereocenters. The average Bonchev–Trinajstić information content (AvgIpc) is 3.19. The van der Waals surface area contributed by atoms with Gasteiger partial charge in [-0.1, -0.05) is 40.8 Å². The van der Waals surface area contributed by atoms with Crippen LogP contribution in [0.2, 0.25) is 5.02 Å². The van der Waals surface area contributed by atoms with Crippen LogP contribution in [0, 0.1) is 0 Å². The summed E-state index contributed by atoms with van der Waals surface area (Å²) < 4.78 is 11.5. The topological polar surface area (TPSA) is 102 Å². The number of nitrogens with zero attached hydrogens (tertiary/aromatic N) is 2. The zero-order valence-corrected chi connectivity index (χ0v) is 17.8. The molecule has 2 amide bonds. The van der Waals surface area contributed by atoms with Gasteiger partial charge in [0, 0.05) is 22.3 Å². The minimum absolute atomic E-state index is 0.144. The van der Waals surface area contributed by atoms with Crippen molar-refractivity contribution in [1.82, 2.24) is 10.2 Å². The lowest BCUT2D eigenvalue weighted by molar-refractivity contribution is -0.113. The van der Waals surface area contributed by atoms with Crippen LogP contribution in [-0.2, 0) is 4.79 Å². The Kier molecular flexibility index (Phi) is 6.36. The molecular weight excluding hydrogens is 448 g/mol. The van der Waals surface area contributed by atoms with Crippen LogP contribution >= 0.6 is 34.7 Å². The van der Waals surface area contributed by atoms with Gasteiger partial charge in [-0.15, -0.1) is 10.2 Å². The van der Waals surface area contributed by atoms with Crippen molar-refractivity contribution in [3.63, 3.8) is 0 Å². The smallest absolute Gasteiger partial charge is 0.257 e. The summed E-state index contributed by atoms with van der Waals surface area (Å²) in [5.74, 6) is 0.884. The number of carbonyl (C=O) groups is 2. The molecule has 0 saturated carbocycles. The van der Waals surface area contributed by atoms with Gasteiger partial charge in [0.05, 0.1) is 5.75 Å². The molecule has 8 nitrogen and oxygen atoms in total. The summed E-state index contributed by atoms with van der Waals surface area (Å²) in [6, 6.07) is 11.8. The third-order valence-corrected chi connectivity index (χ3v) is 6.07. The molecule has 2 N–H and O–H groups in total. The third-order valence-electron chi connectivity index (χ3n) is 3.87. The summed E-state index contributed by atoms with van der Waals surface area (Å²) in [5, 5.41) is 14.2. The van der Waals surface area contributed by atoms with Gasteiger partial charge in [0.2, 0.25) is 11.0 Å². The fourth-order valence-electron chi connectivity index (χ4n) is 2.56. The van der Waals surface area contributed by atoms with E-state index in [1.165, 1.54) is 23.1 Å². The number of halogens is 1. The second kappa shape index (κ2) is 9.33. The normalized spacial score (nSPS) is 12.3. The van der Waals surface area contributed by atoms with Gasteiger partial charge < -0.3 is 14.8 Å². The second-order valence-electron chi connectivity index (χ2n) is 6.03. The summed E-state index contributed by atoms with van der Waals surface area (Å²) in [7, 11) is 0. The number of fused-ring (bicyclic) bond motifs is 1. The number of benzene rings is 2. The highest BCUT2D eigenvalue weighted by atomic mass is 35.5. The van der Waals surface area contributed by atoms with Gasteiger partial charge in [-0.3, -0.25) is 14.9 Å². The number of aromatic nitrogens is 2. The maximum Gasteiger partial charge on any atom is 0.257 e. The van der Waals surface area contributed by atoms with Crippen molar-refractivity contribution in [2.45, 2.75) is 4.34 Å². The van der Waals surface area contributed by atoms with Crippen molar-refractivity contribution in [2.24, 2.45) is 0 Å². The van der Waals surface area contributed by atoms with Gasteiger partial charge in [0.15, 0.2) is 15.8 Å². The maximum atomic E-state index is 12.2. The Labute approximate surface area is 184 Å². The van der Waals surface area contributed by atoms with Gasteiger partial charge in [-0.2, -0.15) is 0 Å². The Bertz CT molecular complexity index is 1090. The zero-order chi connectivity index (χ0) is 20.9. The van der Waals surface area contributed by atoms with Gasteiger partial charge in [0.25, 0.3) is 5.91 Å². The molecule has 1 aliphatic rings. The molecule has 0 aliphatic carbocycles. The van der Waals surface area contributed by atoms with E-state index in [-0.39, 0.29) is 17.6 Å². The minimum Gasteiger partial charge on any atom is -0.486 e. The monoisotopic (exact) mass is 462 g/mol. The van der Waals surface area contributed by atoms with Crippen molar-refractivity contribution in [1.29, 1.82) is 0 Å². The van der Waals surface area contributed by atoms with E-state index in [0.717, 1.165) is 0 Å². The molecule has 11 heteroatoms. The number of rotatable bonds is 6. The van der Waals surface area contributed by atoms with Crippen LogP contribution in [0.15, 0.2) is 46.8 Å². The number of nitrogens with one attached hydrogen (secondary N) is 2. The third kappa shape index (κ3) is 5.21. The number of hydrogen-bond acceptors (Lipinski definition) is 8. The van der Waals surface area contributed by atoms with Crippen LogP contribution in [0.3, 0.4) is 0 Å². The Balaban J connectivity index is 1.29. The number of thioether (sulfide) groups is 1.